The largest absolute Gasteiger partial charge is 1.00 e. The third kappa shape index (κ3) is 15.9. The molecule has 0 radical (unpaired) electrons. The van der Waals surface area contributed by atoms with Crippen LogP contribution in [0.5, 0.6) is 23.0 Å². The van der Waals surface area contributed by atoms with E-state index >= 15 is 0 Å². The minimum absolute atomic E-state index is 0. The monoisotopic (exact) mass is 1620 g/mol. The van der Waals surface area contributed by atoms with Gasteiger partial charge in [0, 0.05) is 96.2 Å². The van der Waals surface area contributed by atoms with Gasteiger partial charge in [-0.3, -0.25) is 63.6 Å². The lowest BCUT2D eigenvalue weighted by Crippen LogP contribution is -3.00. The van der Waals surface area contributed by atoms with Crippen molar-refractivity contribution in [2.45, 2.75) is 164 Å². The lowest BCUT2D eigenvalue weighted by Gasteiger charge is -2.63. The number of imide groups is 4. The molecule has 2 spiro atoms. The molecule has 4 aliphatic carbocycles. The van der Waals surface area contributed by atoms with Crippen LogP contribution in [-0.2, 0) is 19.2 Å². The van der Waals surface area contributed by atoms with Crippen LogP contribution in [-0.4, -0.2) is 144 Å². The number of carbonyl (C=O) groups excluding carboxylic acids is 9. The van der Waals surface area contributed by atoms with Crippen LogP contribution in [0.3, 0.4) is 0 Å². The zero-order chi connectivity index (χ0) is 80.8. The van der Waals surface area contributed by atoms with Crippen LogP contribution in [0.2, 0.25) is 10.0 Å². The first kappa shape index (κ1) is 84.0. The van der Waals surface area contributed by atoms with Gasteiger partial charge in [-0.1, -0.05) is 86.0 Å². The molecule has 27 heteroatoms. The highest BCUT2D eigenvalue weighted by Gasteiger charge is 2.66. The number of carboxylic acids is 1. The number of rotatable bonds is 20. The van der Waals surface area contributed by atoms with E-state index in [0.29, 0.717) is 104 Å². The summed E-state index contributed by atoms with van der Waals surface area (Å²) in [6, 6.07) is 37.4. The molecule has 2 unspecified atom stereocenters. The van der Waals surface area contributed by atoms with E-state index in [4.69, 9.17) is 52.5 Å². The molecule has 8 fully saturated rings. The fourth-order valence-corrected chi connectivity index (χ4v) is 20.4. The molecule has 6 aliphatic heterocycles. The standard InChI is InChI=1S/C44H45ClN4O7.C28H27N3O7.C15H19ClN2O.CH4.ClH/c1-42(2)36(43(3,4)41(42)56-30-10-7-27(22-46)33(45)18-30)19-35(50)26-5-8-28(9-6-26)48-23-44(24-48)20-25(21-44)15-16-55-29-11-12-31-32(17-29)40(54)49(39(31)53)34-13-14-37(51)47-38(34)52;32-23-8-7-22(24(33)29-23)31-25(34)20-6-5-19(11-21(20)26(31)35)38-10-9-16-12-28(13-16)14-30(15-28)18-3-1-17(2-4-18)27(36)37;1-14(2)12(18)15(3,4)13(14)19-10-6-5-9(8-17)11(16)7-10;;/h5-12,17-18,25,34,36,41H,13-16,19-21,23-24H2,1-4H3,(H,47,51,52);1-6,11,16,22H,7-10,12-15H2,(H,36,37)(H,29,32,33);5-7,12-13H,18H2,1-4H3;1H4;1H. The molecule has 10 aliphatic rings. The van der Waals surface area contributed by atoms with Crippen LogP contribution in [0.1, 0.15) is 207 Å². The lowest BCUT2D eigenvalue weighted by atomic mass is 9.44. The van der Waals surface area contributed by atoms with Gasteiger partial charge in [0.05, 0.1) is 73.0 Å². The van der Waals surface area contributed by atoms with E-state index in [1.165, 1.54) is 0 Å². The number of hydrogen-bond donors (Lipinski definition) is 4. The zero-order valence-corrected chi connectivity index (χ0v) is 67.1. The Labute approximate surface area is 685 Å². The number of anilines is 2. The van der Waals surface area contributed by atoms with E-state index in [1.807, 2.05) is 30.3 Å². The Morgan fingerprint density at radius 3 is 1.24 bits per heavy atom. The third-order valence-electron chi connectivity index (χ3n) is 25.8. The second-order valence-electron chi connectivity index (χ2n) is 34.8. The number of fused-ring (bicyclic) bond motifs is 2. The molecule has 604 valence electrons. The molecule has 6 aromatic rings. The number of carbonyl (C=O) groups is 10. The Morgan fingerprint density at radius 2 is 0.878 bits per heavy atom. The number of ketones is 1. The molecule has 24 nitrogen and oxygen atoms in total. The van der Waals surface area contributed by atoms with Crippen LogP contribution < -0.4 is 57.5 Å². The zero-order valence-electron chi connectivity index (χ0n) is 64.9. The number of quaternary nitrogens is 1. The lowest BCUT2D eigenvalue weighted by molar-refractivity contribution is -0.519. The van der Waals surface area contributed by atoms with Gasteiger partial charge in [0.2, 0.25) is 23.6 Å². The van der Waals surface area contributed by atoms with E-state index in [9.17, 15) is 53.2 Å². The van der Waals surface area contributed by atoms with Gasteiger partial charge in [-0.05, 0) is 178 Å². The van der Waals surface area contributed by atoms with E-state index in [1.54, 1.807) is 84.9 Å². The van der Waals surface area contributed by atoms with Crippen molar-refractivity contribution in [3.05, 3.63) is 176 Å². The van der Waals surface area contributed by atoms with E-state index in [0.717, 1.165) is 85.9 Å². The number of hydrogen-bond acceptors (Lipinski definition) is 18. The average Bonchev–Trinajstić information content (AvgIpc) is 1.42. The maximum atomic E-state index is 13.5. The fraction of sp³-hybridized carbons (Fsp3) is 0.455. The van der Waals surface area contributed by atoms with Crippen LogP contribution in [0, 0.1) is 72.9 Å². The Bertz CT molecular complexity index is 4970. The topological polar surface area (TPSA) is 340 Å². The van der Waals surface area contributed by atoms with Crippen molar-refractivity contribution in [2.24, 2.45) is 50.2 Å². The van der Waals surface area contributed by atoms with Crippen LogP contribution in [0.15, 0.2) is 121 Å². The number of Topliss-reactive ketones (excluding diaryl/α,β-unsaturated/α-hetero) is 1. The highest BCUT2D eigenvalue weighted by Crippen LogP contribution is 2.62. The third-order valence-corrected chi connectivity index (χ3v) is 26.4. The minimum atomic E-state index is -0.996. The van der Waals surface area contributed by atoms with Gasteiger partial charge < -0.3 is 52.0 Å². The van der Waals surface area contributed by atoms with Gasteiger partial charge in [0.15, 0.2) is 5.78 Å². The molecule has 115 heavy (non-hydrogen) atoms. The second kappa shape index (κ2) is 32.0. The highest BCUT2D eigenvalue weighted by molar-refractivity contribution is 6.32. The summed E-state index contributed by atoms with van der Waals surface area (Å²) in [6.45, 7) is 22.2. The Balaban J connectivity index is 0.000000178. The van der Waals surface area contributed by atoms with Gasteiger partial charge in [-0.15, -0.1) is 0 Å². The summed E-state index contributed by atoms with van der Waals surface area (Å²) in [5, 5.41) is 32.3. The normalized spacial score (nSPS) is 23.7. The van der Waals surface area contributed by atoms with E-state index in [-0.39, 0.29) is 113 Å². The van der Waals surface area contributed by atoms with Crippen molar-refractivity contribution in [2.75, 3.05) is 49.2 Å². The van der Waals surface area contributed by atoms with Crippen molar-refractivity contribution in [1.29, 1.82) is 10.5 Å². The molecule has 8 amide bonds. The number of nitrogens with zero attached hydrogens (tertiary/aromatic N) is 6. The molecule has 6 aromatic carbocycles. The number of benzene rings is 6. The number of aromatic carboxylic acids is 1. The van der Waals surface area contributed by atoms with Gasteiger partial charge in [-0.25, -0.2) is 4.79 Å². The Hall–Kier alpha value is -10.4. The number of ether oxygens (including phenoxy) is 4. The smallest absolute Gasteiger partial charge is 0.335 e. The summed E-state index contributed by atoms with van der Waals surface area (Å²) in [5.74, 6) is -1.45. The minimum Gasteiger partial charge on any atom is -1.00 e. The summed E-state index contributed by atoms with van der Waals surface area (Å²) < 4.78 is 24.4. The molecular weight excluding hydrogens is 1530 g/mol. The molecule has 2 atom stereocenters. The number of halogens is 3. The average molecular weight is 1630 g/mol. The Morgan fingerprint density at radius 1 is 0.513 bits per heavy atom. The summed E-state index contributed by atoms with van der Waals surface area (Å²) in [5.41, 5.74) is 9.40. The summed E-state index contributed by atoms with van der Waals surface area (Å²) >= 11 is 12.3. The molecule has 0 bridgehead atoms. The quantitative estimate of drug-likeness (QED) is 0.0408. The maximum absolute atomic E-state index is 13.5. The first-order valence-corrected chi connectivity index (χ1v) is 39.3. The number of amides is 8. The van der Waals surface area contributed by atoms with Crippen molar-refractivity contribution in [3.8, 4) is 35.1 Å². The number of nitriles is 2. The van der Waals surface area contributed by atoms with Crippen LogP contribution >= 0.6 is 23.2 Å². The van der Waals surface area contributed by atoms with Crippen LogP contribution in [0.4, 0.5) is 11.4 Å². The molecule has 0 aromatic heterocycles. The van der Waals surface area contributed by atoms with Crippen molar-refractivity contribution >= 4 is 93.6 Å². The number of nitrogens with one attached hydrogen (secondary N) is 2. The first-order chi connectivity index (χ1) is 53.5. The molecule has 6 N–H and O–H groups in total. The predicted molar refractivity (Wildman–Crippen MR) is 423 cm³/mol. The number of piperidine rings is 2. The maximum Gasteiger partial charge on any atom is 0.335 e. The summed E-state index contributed by atoms with van der Waals surface area (Å²) in [6.07, 6.45) is 7.06. The van der Waals surface area contributed by atoms with Crippen molar-refractivity contribution in [1.82, 2.24) is 20.4 Å². The molecular formula is C88H96Cl3N9O15. The Kier molecular flexibility index (Phi) is 23.4. The molecule has 6 heterocycles. The van der Waals surface area contributed by atoms with Gasteiger partial charge in [0.1, 0.15) is 65.5 Å². The molecule has 16 rings (SSSR count). The van der Waals surface area contributed by atoms with Crippen LogP contribution in [0.25, 0.3) is 0 Å². The van der Waals surface area contributed by atoms with E-state index < -0.39 is 65.3 Å². The molecule has 4 saturated heterocycles. The van der Waals surface area contributed by atoms with E-state index in [2.05, 4.69) is 99.8 Å². The van der Waals surface area contributed by atoms with Gasteiger partial charge in [-0.2, -0.15) is 10.5 Å². The highest BCUT2D eigenvalue weighted by atomic mass is 35.5. The summed E-state index contributed by atoms with van der Waals surface area (Å²) in [7, 11) is 0. The fourth-order valence-electron chi connectivity index (χ4n) is 20.0. The summed E-state index contributed by atoms with van der Waals surface area (Å²) in [4.78, 5) is 131. The number of carboxylic acid groups (broad SMARTS) is 1. The van der Waals surface area contributed by atoms with Gasteiger partial charge in [0.25, 0.3) is 23.6 Å². The molecule has 4 saturated carbocycles. The SMILES string of the molecule is C.CC1(C)C(CC(=O)c2ccc(N3CC4(CC(CCOc5ccc6c(c5)C(=O)N(C5CCC(=O)NC5=O)C6=O)C4)C3)cc2)C(C)(C)C1Oc1ccc(C#N)c(Cl)c1.CC1(C)C([NH3+])C(C)(C)C1Oc1ccc(C#N)c(Cl)c1.O=C1CCC(N2C(=O)c3ccc(OCCC4CC5(C4)CN(c4ccc(C(=O)O)cc4)C5)cc3C2=O)C(=O)N1.[Cl-]. The van der Waals surface area contributed by atoms with Crippen molar-refractivity contribution < 1.29 is 90.1 Å². The predicted octanol–water partition coefficient (Wildman–Crippen LogP) is 9.75. The second-order valence-corrected chi connectivity index (χ2v) is 35.6. The van der Waals surface area contributed by atoms with Gasteiger partial charge >= 0.3 is 5.97 Å². The van der Waals surface area contributed by atoms with Crippen molar-refractivity contribution in [3.63, 3.8) is 0 Å². The first-order valence-electron chi connectivity index (χ1n) is 38.5.